The molecule has 20 heavy (non-hydrogen) atoms. The van der Waals surface area contributed by atoms with Crippen LogP contribution in [-0.2, 0) is 4.74 Å². The predicted molar refractivity (Wildman–Crippen MR) is 83.1 cm³/mol. The van der Waals surface area contributed by atoms with Gasteiger partial charge in [-0.15, -0.1) is 0 Å². The number of carbonyl (C=O) groups is 1. The van der Waals surface area contributed by atoms with Crippen LogP contribution in [0.5, 0.6) is 0 Å². The summed E-state index contributed by atoms with van der Waals surface area (Å²) in [5.41, 5.74) is 6.82. The van der Waals surface area contributed by atoms with E-state index in [-0.39, 0.29) is 11.9 Å². The van der Waals surface area contributed by atoms with E-state index >= 15 is 0 Å². The van der Waals surface area contributed by atoms with Crippen molar-refractivity contribution in [1.29, 1.82) is 0 Å². The minimum absolute atomic E-state index is 0.0649. The summed E-state index contributed by atoms with van der Waals surface area (Å²) in [6, 6.07) is 5.16. The molecule has 0 radical (unpaired) electrons. The quantitative estimate of drug-likeness (QED) is 0.787. The second kappa shape index (κ2) is 8.12. The summed E-state index contributed by atoms with van der Waals surface area (Å²) in [6.45, 7) is 5.22. The van der Waals surface area contributed by atoms with Crippen molar-refractivity contribution in [2.24, 2.45) is 0 Å². The maximum atomic E-state index is 12.7. The Balaban J connectivity index is 3.02. The third kappa shape index (κ3) is 4.12. The third-order valence-electron chi connectivity index (χ3n) is 3.42. The van der Waals surface area contributed by atoms with E-state index in [1.165, 1.54) is 0 Å². The molecule has 0 saturated carbocycles. The molecular formula is C15H23ClN2O2. The monoisotopic (exact) mass is 298 g/mol. The Hall–Kier alpha value is -1.26. The smallest absolute Gasteiger partial charge is 0.256 e. The number of methoxy groups -OCH3 is 1. The molecule has 0 fully saturated rings. The molecule has 1 aromatic carbocycles. The molecule has 1 rings (SSSR count). The molecule has 4 nitrogen and oxygen atoms in total. The molecule has 0 aliphatic carbocycles. The minimum atomic E-state index is -0.0649. The number of ether oxygens (including phenoxy) is 1. The summed E-state index contributed by atoms with van der Waals surface area (Å²) in [4.78, 5) is 14.5. The SMILES string of the molecule is CCC(CC)N(CCOC)C(=O)c1ccc(Cl)cc1N. The fourth-order valence-corrected chi connectivity index (χ4v) is 2.43. The lowest BCUT2D eigenvalue weighted by atomic mass is 10.1. The molecule has 0 spiro atoms. The molecule has 2 N–H and O–H groups in total. The van der Waals surface area contributed by atoms with Gasteiger partial charge in [0.1, 0.15) is 0 Å². The van der Waals surface area contributed by atoms with Crippen LogP contribution in [0.2, 0.25) is 5.02 Å². The predicted octanol–water partition coefficient (Wildman–Crippen LogP) is 3.20. The van der Waals surface area contributed by atoms with Crippen molar-refractivity contribution in [2.45, 2.75) is 32.7 Å². The zero-order valence-corrected chi connectivity index (χ0v) is 13.1. The Bertz CT molecular complexity index is 447. The van der Waals surface area contributed by atoms with Gasteiger partial charge in [0.05, 0.1) is 12.2 Å². The first-order valence-electron chi connectivity index (χ1n) is 6.90. The van der Waals surface area contributed by atoms with Gasteiger partial charge in [-0.2, -0.15) is 0 Å². The van der Waals surface area contributed by atoms with E-state index in [0.717, 1.165) is 12.8 Å². The highest BCUT2D eigenvalue weighted by Gasteiger charge is 2.23. The van der Waals surface area contributed by atoms with Crippen molar-refractivity contribution >= 4 is 23.2 Å². The Labute approximate surface area is 125 Å². The van der Waals surface area contributed by atoms with E-state index in [1.54, 1.807) is 25.3 Å². The van der Waals surface area contributed by atoms with E-state index in [1.807, 2.05) is 4.90 Å². The maximum Gasteiger partial charge on any atom is 0.256 e. The molecule has 0 aliphatic rings. The number of hydrogen-bond acceptors (Lipinski definition) is 3. The number of carbonyl (C=O) groups excluding carboxylic acids is 1. The van der Waals surface area contributed by atoms with Gasteiger partial charge in [0.25, 0.3) is 5.91 Å². The highest BCUT2D eigenvalue weighted by Crippen LogP contribution is 2.21. The number of amides is 1. The van der Waals surface area contributed by atoms with Crippen molar-refractivity contribution in [2.75, 3.05) is 26.0 Å². The van der Waals surface area contributed by atoms with Crippen LogP contribution in [0.3, 0.4) is 0 Å². The average Bonchev–Trinajstić information content (AvgIpc) is 2.43. The zero-order valence-electron chi connectivity index (χ0n) is 12.4. The van der Waals surface area contributed by atoms with Crippen LogP contribution in [0.4, 0.5) is 5.69 Å². The second-order valence-corrected chi connectivity index (χ2v) is 5.13. The van der Waals surface area contributed by atoms with E-state index in [2.05, 4.69) is 13.8 Å². The Morgan fingerprint density at radius 3 is 2.55 bits per heavy atom. The molecule has 112 valence electrons. The first-order chi connectivity index (χ1) is 9.54. The minimum Gasteiger partial charge on any atom is -0.398 e. The number of rotatable bonds is 7. The molecule has 0 aromatic heterocycles. The largest absolute Gasteiger partial charge is 0.398 e. The Morgan fingerprint density at radius 2 is 2.05 bits per heavy atom. The number of hydrogen-bond donors (Lipinski definition) is 1. The topological polar surface area (TPSA) is 55.6 Å². The number of benzene rings is 1. The average molecular weight is 299 g/mol. The highest BCUT2D eigenvalue weighted by molar-refractivity contribution is 6.31. The van der Waals surface area contributed by atoms with Crippen LogP contribution < -0.4 is 5.73 Å². The van der Waals surface area contributed by atoms with Gasteiger partial charge in [0, 0.05) is 30.4 Å². The Morgan fingerprint density at radius 1 is 1.40 bits per heavy atom. The second-order valence-electron chi connectivity index (χ2n) is 4.69. The fraction of sp³-hybridized carbons (Fsp3) is 0.533. The molecule has 0 saturated heterocycles. The van der Waals surface area contributed by atoms with Crippen molar-refractivity contribution in [3.8, 4) is 0 Å². The van der Waals surface area contributed by atoms with Crippen molar-refractivity contribution in [1.82, 2.24) is 4.90 Å². The van der Waals surface area contributed by atoms with Gasteiger partial charge in [0.15, 0.2) is 0 Å². The van der Waals surface area contributed by atoms with E-state index < -0.39 is 0 Å². The molecule has 1 amide bonds. The summed E-state index contributed by atoms with van der Waals surface area (Å²) in [5, 5.41) is 0.532. The van der Waals surface area contributed by atoms with Gasteiger partial charge in [-0.25, -0.2) is 0 Å². The van der Waals surface area contributed by atoms with Crippen LogP contribution in [0, 0.1) is 0 Å². The molecule has 1 aromatic rings. The van der Waals surface area contributed by atoms with Gasteiger partial charge in [-0.3, -0.25) is 4.79 Å². The lowest BCUT2D eigenvalue weighted by Gasteiger charge is -2.31. The van der Waals surface area contributed by atoms with E-state index in [9.17, 15) is 4.79 Å². The highest BCUT2D eigenvalue weighted by atomic mass is 35.5. The lowest BCUT2D eigenvalue weighted by Crippen LogP contribution is -2.42. The summed E-state index contributed by atoms with van der Waals surface area (Å²) >= 11 is 5.88. The summed E-state index contributed by atoms with van der Waals surface area (Å²) in [5.74, 6) is -0.0649. The molecular weight excluding hydrogens is 276 g/mol. The number of nitrogen functional groups attached to an aromatic ring is 1. The maximum absolute atomic E-state index is 12.7. The normalized spacial score (nSPS) is 10.8. The molecule has 5 heteroatoms. The van der Waals surface area contributed by atoms with Crippen molar-refractivity contribution in [3.63, 3.8) is 0 Å². The van der Waals surface area contributed by atoms with Crippen molar-refractivity contribution in [3.05, 3.63) is 28.8 Å². The van der Waals surface area contributed by atoms with Gasteiger partial charge < -0.3 is 15.4 Å². The molecule has 0 aliphatic heterocycles. The molecule has 0 heterocycles. The molecule has 0 atom stereocenters. The van der Waals surface area contributed by atoms with Crippen LogP contribution in [-0.4, -0.2) is 37.1 Å². The number of nitrogens with two attached hydrogens (primary N) is 1. The third-order valence-corrected chi connectivity index (χ3v) is 3.66. The fourth-order valence-electron chi connectivity index (χ4n) is 2.25. The standard InChI is InChI=1S/C15H23ClN2O2/c1-4-12(5-2)18(8-9-20-3)15(19)13-7-6-11(16)10-14(13)17/h6-7,10,12H,4-5,8-9,17H2,1-3H3. The number of anilines is 1. The van der Waals surface area contributed by atoms with E-state index in [4.69, 9.17) is 22.1 Å². The van der Waals surface area contributed by atoms with E-state index in [0.29, 0.717) is 29.4 Å². The van der Waals surface area contributed by atoms with Gasteiger partial charge in [0.2, 0.25) is 0 Å². The van der Waals surface area contributed by atoms with Gasteiger partial charge >= 0.3 is 0 Å². The molecule has 0 bridgehead atoms. The van der Waals surface area contributed by atoms with Crippen LogP contribution in [0.1, 0.15) is 37.0 Å². The first kappa shape index (κ1) is 16.8. The van der Waals surface area contributed by atoms with Gasteiger partial charge in [-0.05, 0) is 31.0 Å². The van der Waals surface area contributed by atoms with Crippen LogP contribution >= 0.6 is 11.6 Å². The molecule has 0 unspecified atom stereocenters. The summed E-state index contributed by atoms with van der Waals surface area (Å²) in [6.07, 6.45) is 1.80. The Kier molecular flexibility index (Phi) is 6.82. The van der Waals surface area contributed by atoms with Crippen LogP contribution in [0.25, 0.3) is 0 Å². The summed E-state index contributed by atoms with van der Waals surface area (Å²) < 4.78 is 5.10. The van der Waals surface area contributed by atoms with Gasteiger partial charge in [-0.1, -0.05) is 25.4 Å². The number of nitrogens with zero attached hydrogens (tertiary/aromatic N) is 1. The first-order valence-corrected chi connectivity index (χ1v) is 7.27. The zero-order chi connectivity index (χ0) is 15.1. The van der Waals surface area contributed by atoms with Crippen molar-refractivity contribution < 1.29 is 9.53 Å². The van der Waals surface area contributed by atoms with Crippen LogP contribution in [0.15, 0.2) is 18.2 Å². The number of halogens is 1. The summed E-state index contributed by atoms with van der Waals surface area (Å²) in [7, 11) is 1.63. The lowest BCUT2D eigenvalue weighted by molar-refractivity contribution is 0.0590.